The Hall–Kier alpha value is -0.890. The fourth-order valence-corrected chi connectivity index (χ4v) is 1.57. The average Bonchev–Trinajstić information content (AvgIpc) is 2.15. The highest BCUT2D eigenvalue weighted by molar-refractivity contribution is 5.34. The van der Waals surface area contributed by atoms with Crippen LogP contribution in [0, 0.1) is 0 Å². The molecule has 0 amide bonds. The lowest BCUT2D eigenvalue weighted by atomic mass is 9.88. The zero-order chi connectivity index (χ0) is 10.8. The van der Waals surface area contributed by atoms with E-state index < -0.39 is 5.67 Å². The highest BCUT2D eigenvalue weighted by Gasteiger charge is 2.23. The molecule has 78 valence electrons. The third kappa shape index (κ3) is 2.32. The molecule has 0 saturated carbocycles. The minimum atomic E-state index is -1.35. The first-order valence-electron chi connectivity index (χ1n) is 4.86. The lowest BCUT2D eigenvalue weighted by Crippen LogP contribution is -2.14. The first-order chi connectivity index (χ1) is 6.46. The predicted molar refractivity (Wildman–Crippen MR) is 56.1 cm³/mol. The van der Waals surface area contributed by atoms with Crippen LogP contribution in [0.25, 0.3) is 0 Å². The van der Waals surface area contributed by atoms with Gasteiger partial charge in [0, 0.05) is 12.5 Å². The van der Waals surface area contributed by atoms with Crippen molar-refractivity contribution >= 4 is 0 Å². The number of rotatable bonds is 3. The monoisotopic (exact) mass is 196 g/mol. The third-order valence-electron chi connectivity index (χ3n) is 2.41. The molecule has 0 radical (unpaired) electrons. The van der Waals surface area contributed by atoms with E-state index in [-0.39, 0.29) is 12.5 Å². The van der Waals surface area contributed by atoms with E-state index in [0.29, 0.717) is 5.56 Å². The fraction of sp³-hybridized carbons (Fsp3) is 0.500. The van der Waals surface area contributed by atoms with E-state index in [2.05, 4.69) is 0 Å². The van der Waals surface area contributed by atoms with Gasteiger partial charge in [0.2, 0.25) is 0 Å². The first kappa shape index (κ1) is 11.2. The highest BCUT2D eigenvalue weighted by Crippen LogP contribution is 2.31. The van der Waals surface area contributed by atoms with E-state index in [0.717, 1.165) is 5.56 Å². The summed E-state index contributed by atoms with van der Waals surface area (Å²) in [5.41, 5.74) is 0.212. The lowest BCUT2D eigenvalue weighted by molar-refractivity contribution is 0.215. The van der Waals surface area contributed by atoms with Crippen molar-refractivity contribution < 1.29 is 9.50 Å². The van der Waals surface area contributed by atoms with Crippen LogP contribution >= 0.6 is 0 Å². The molecule has 0 spiro atoms. The number of hydrogen-bond acceptors (Lipinski definition) is 1. The molecule has 1 unspecified atom stereocenters. The van der Waals surface area contributed by atoms with E-state index in [9.17, 15) is 4.39 Å². The molecule has 14 heavy (non-hydrogen) atoms. The van der Waals surface area contributed by atoms with E-state index in [1.54, 1.807) is 6.07 Å². The second-order valence-corrected chi connectivity index (χ2v) is 4.14. The molecule has 1 nitrogen and oxygen atoms in total. The molecular weight excluding hydrogens is 179 g/mol. The van der Waals surface area contributed by atoms with Gasteiger partial charge in [-0.2, -0.15) is 0 Å². The maximum absolute atomic E-state index is 13.8. The molecule has 2 heteroatoms. The summed E-state index contributed by atoms with van der Waals surface area (Å²) in [6, 6.07) is 7.35. The Kier molecular flexibility index (Phi) is 3.27. The van der Waals surface area contributed by atoms with Crippen LogP contribution in [-0.2, 0) is 5.67 Å². The Morgan fingerprint density at radius 2 is 1.93 bits per heavy atom. The number of benzene rings is 1. The van der Waals surface area contributed by atoms with Gasteiger partial charge in [-0.05, 0) is 25.0 Å². The zero-order valence-electron chi connectivity index (χ0n) is 8.92. The number of alkyl halides is 1. The summed E-state index contributed by atoms with van der Waals surface area (Å²) in [4.78, 5) is 0. The number of aliphatic hydroxyl groups excluding tert-OH is 1. The molecule has 1 rings (SSSR count). The Balaban J connectivity index is 3.16. The van der Waals surface area contributed by atoms with Gasteiger partial charge in [0.15, 0.2) is 0 Å². The summed E-state index contributed by atoms with van der Waals surface area (Å²) in [5, 5.41) is 9.06. The quantitative estimate of drug-likeness (QED) is 0.788. The minimum absolute atomic E-state index is 0.0128. The molecule has 0 heterocycles. The van der Waals surface area contributed by atoms with E-state index in [4.69, 9.17) is 5.11 Å². The third-order valence-corrected chi connectivity index (χ3v) is 2.41. The van der Waals surface area contributed by atoms with Crippen LogP contribution in [0.5, 0.6) is 0 Å². The molecule has 0 aliphatic carbocycles. The second kappa shape index (κ2) is 4.09. The summed E-state index contributed by atoms with van der Waals surface area (Å²) in [5.74, 6) is -0.0128. The van der Waals surface area contributed by atoms with E-state index >= 15 is 0 Å². The number of hydrogen-bond donors (Lipinski definition) is 1. The van der Waals surface area contributed by atoms with Crippen molar-refractivity contribution in [2.75, 3.05) is 6.61 Å². The average molecular weight is 196 g/mol. The van der Waals surface area contributed by atoms with Crippen molar-refractivity contribution in [3.8, 4) is 0 Å². The standard InChI is InChI=1S/C12H17FO/c1-9(8-14)10-6-4-5-7-11(10)12(2,3)13/h4-7,9,14H,8H2,1-3H3. The van der Waals surface area contributed by atoms with Gasteiger partial charge >= 0.3 is 0 Å². The first-order valence-corrected chi connectivity index (χ1v) is 4.86. The maximum atomic E-state index is 13.8. The molecule has 0 saturated heterocycles. The van der Waals surface area contributed by atoms with Gasteiger partial charge < -0.3 is 5.11 Å². The summed E-state index contributed by atoms with van der Waals surface area (Å²) in [7, 11) is 0. The Bertz CT molecular complexity index is 301. The van der Waals surface area contributed by atoms with Crippen molar-refractivity contribution in [3.05, 3.63) is 35.4 Å². The molecule has 0 aliphatic heterocycles. The van der Waals surface area contributed by atoms with Crippen molar-refractivity contribution in [1.82, 2.24) is 0 Å². The van der Waals surface area contributed by atoms with Crippen molar-refractivity contribution in [2.45, 2.75) is 32.4 Å². The van der Waals surface area contributed by atoms with Crippen LogP contribution in [-0.4, -0.2) is 11.7 Å². The molecule has 0 fully saturated rings. The Morgan fingerprint density at radius 3 is 2.43 bits per heavy atom. The smallest absolute Gasteiger partial charge is 0.130 e. The van der Waals surface area contributed by atoms with E-state index in [1.165, 1.54) is 13.8 Å². The van der Waals surface area contributed by atoms with Crippen LogP contribution in [0.1, 0.15) is 37.8 Å². The topological polar surface area (TPSA) is 20.2 Å². The molecule has 1 N–H and O–H groups in total. The minimum Gasteiger partial charge on any atom is -0.396 e. The second-order valence-electron chi connectivity index (χ2n) is 4.14. The summed E-state index contributed by atoms with van der Waals surface area (Å²) < 4.78 is 13.8. The predicted octanol–water partition coefficient (Wildman–Crippen LogP) is 2.99. The number of aliphatic hydroxyl groups is 1. The van der Waals surface area contributed by atoms with Gasteiger partial charge in [-0.3, -0.25) is 0 Å². The van der Waals surface area contributed by atoms with Crippen LogP contribution < -0.4 is 0 Å². The molecule has 0 bridgehead atoms. The summed E-state index contributed by atoms with van der Waals surface area (Å²) >= 11 is 0. The lowest BCUT2D eigenvalue weighted by Gasteiger charge is -2.21. The van der Waals surface area contributed by atoms with Gasteiger partial charge in [-0.1, -0.05) is 31.2 Å². The van der Waals surface area contributed by atoms with Crippen LogP contribution in [0.4, 0.5) is 4.39 Å². The SMILES string of the molecule is CC(CO)c1ccccc1C(C)(C)F. The van der Waals surface area contributed by atoms with Gasteiger partial charge in [0.05, 0.1) is 0 Å². The van der Waals surface area contributed by atoms with E-state index in [1.807, 2.05) is 25.1 Å². The largest absolute Gasteiger partial charge is 0.396 e. The normalized spacial score (nSPS) is 14.1. The van der Waals surface area contributed by atoms with Crippen molar-refractivity contribution in [1.29, 1.82) is 0 Å². The number of halogens is 1. The Labute approximate surface area is 84.6 Å². The van der Waals surface area contributed by atoms with Gasteiger partial charge in [0.1, 0.15) is 5.67 Å². The maximum Gasteiger partial charge on any atom is 0.130 e. The van der Waals surface area contributed by atoms with Gasteiger partial charge in [0.25, 0.3) is 0 Å². The Morgan fingerprint density at radius 1 is 1.36 bits per heavy atom. The molecule has 1 atom stereocenters. The van der Waals surface area contributed by atoms with Crippen LogP contribution in [0.3, 0.4) is 0 Å². The zero-order valence-corrected chi connectivity index (χ0v) is 8.92. The molecule has 1 aromatic rings. The highest BCUT2D eigenvalue weighted by atomic mass is 19.1. The molecule has 0 aliphatic rings. The molecule has 0 aromatic heterocycles. The molecule has 1 aromatic carbocycles. The van der Waals surface area contributed by atoms with Gasteiger partial charge in [-0.15, -0.1) is 0 Å². The van der Waals surface area contributed by atoms with Crippen LogP contribution in [0.15, 0.2) is 24.3 Å². The fourth-order valence-electron chi connectivity index (χ4n) is 1.57. The van der Waals surface area contributed by atoms with Crippen molar-refractivity contribution in [3.63, 3.8) is 0 Å². The van der Waals surface area contributed by atoms with Gasteiger partial charge in [-0.25, -0.2) is 4.39 Å². The van der Waals surface area contributed by atoms with Crippen molar-refractivity contribution in [2.24, 2.45) is 0 Å². The summed E-state index contributed by atoms with van der Waals surface area (Å²) in [6.07, 6.45) is 0. The molecular formula is C12H17FO. The summed E-state index contributed by atoms with van der Waals surface area (Å²) in [6.45, 7) is 5.02. The van der Waals surface area contributed by atoms with Crippen LogP contribution in [0.2, 0.25) is 0 Å².